The van der Waals surface area contributed by atoms with Gasteiger partial charge in [0.05, 0.1) is 21.2 Å². The van der Waals surface area contributed by atoms with Gasteiger partial charge in [0.1, 0.15) is 5.82 Å². The van der Waals surface area contributed by atoms with Crippen LogP contribution in [0.1, 0.15) is 23.2 Å². The Morgan fingerprint density at radius 2 is 2.14 bits per heavy atom. The number of benzene rings is 2. The Hall–Kier alpha value is -2.40. The number of nitrogens with zero attached hydrogens (tertiary/aromatic N) is 1. The second kappa shape index (κ2) is 8.15. The Morgan fingerprint density at radius 1 is 1.28 bits per heavy atom. The number of halogens is 1. The van der Waals surface area contributed by atoms with Crippen LogP contribution in [-0.4, -0.2) is 38.6 Å². The van der Waals surface area contributed by atoms with Crippen LogP contribution in [0.5, 0.6) is 0 Å². The fourth-order valence-corrected chi connectivity index (χ4v) is 5.01. The molecule has 0 aliphatic carbocycles. The molecule has 3 aromatic rings. The summed E-state index contributed by atoms with van der Waals surface area (Å²) in [6, 6.07) is 9.92. The second-order valence-corrected chi connectivity index (χ2v) is 9.40. The van der Waals surface area contributed by atoms with Crippen LogP contribution in [0.4, 0.5) is 9.52 Å². The average molecular weight is 436 g/mol. The SMILES string of the molecule is O=C(Nc1nc2ccc(F)cc2s1)c1cccc(S(=O)(=O)NC[C@H]2CCCO2)c1. The van der Waals surface area contributed by atoms with Crippen molar-refractivity contribution >= 4 is 42.6 Å². The highest BCUT2D eigenvalue weighted by Gasteiger charge is 2.21. The summed E-state index contributed by atoms with van der Waals surface area (Å²) in [6.07, 6.45) is 1.61. The van der Waals surface area contributed by atoms with Crippen LogP contribution in [0.2, 0.25) is 0 Å². The lowest BCUT2D eigenvalue weighted by Gasteiger charge is -2.12. The van der Waals surface area contributed by atoms with E-state index in [9.17, 15) is 17.6 Å². The van der Waals surface area contributed by atoms with Gasteiger partial charge >= 0.3 is 0 Å². The Bertz CT molecular complexity index is 1160. The van der Waals surface area contributed by atoms with Gasteiger partial charge in [-0.05, 0) is 49.2 Å². The third-order valence-corrected chi connectivity index (χ3v) is 6.86. The number of carbonyl (C=O) groups is 1. The molecule has 0 bridgehead atoms. The monoisotopic (exact) mass is 435 g/mol. The molecular weight excluding hydrogens is 417 g/mol. The molecule has 0 unspecified atom stereocenters. The highest BCUT2D eigenvalue weighted by molar-refractivity contribution is 7.89. The third kappa shape index (κ3) is 4.61. The molecule has 2 N–H and O–H groups in total. The maximum absolute atomic E-state index is 13.3. The summed E-state index contributed by atoms with van der Waals surface area (Å²) in [5.41, 5.74) is 0.747. The summed E-state index contributed by atoms with van der Waals surface area (Å²) < 4.78 is 46.9. The predicted molar refractivity (Wildman–Crippen MR) is 108 cm³/mol. The molecule has 0 spiro atoms. The predicted octanol–water partition coefficient (Wildman–Crippen LogP) is 3.15. The summed E-state index contributed by atoms with van der Waals surface area (Å²) in [4.78, 5) is 16.8. The van der Waals surface area contributed by atoms with Gasteiger partial charge in [0.25, 0.3) is 5.91 Å². The number of ether oxygens (including phenoxy) is 1. The van der Waals surface area contributed by atoms with E-state index in [4.69, 9.17) is 4.74 Å². The van der Waals surface area contributed by atoms with Crippen molar-refractivity contribution in [3.63, 3.8) is 0 Å². The molecule has 1 aliphatic rings. The normalized spacial score (nSPS) is 16.9. The van der Waals surface area contributed by atoms with Gasteiger partial charge in [0.2, 0.25) is 10.0 Å². The molecule has 1 saturated heterocycles. The van der Waals surface area contributed by atoms with Gasteiger partial charge < -0.3 is 4.74 Å². The molecule has 1 atom stereocenters. The lowest BCUT2D eigenvalue weighted by Crippen LogP contribution is -2.32. The molecule has 1 amide bonds. The van der Waals surface area contributed by atoms with E-state index in [1.54, 1.807) is 0 Å². The number of aromatic nitrogens is 1. The van der Waals surface area contributed by atoms with E-state index in [1.165, 1.54) is 42.5 Å². The van der Waals surface area contributed by atoms with E-state index in [1.807, 2.05) is 0 Å². The van der Waals surface area contributed by atoms with Crippen LogP contribution in [0.15, 0.2) is 47.4 Å². The molecule has 1 aliphatic heterocycles. The van der Waals surface area contributed by atoms with Crippen molar-refractivity contribution < 1.29 is 22.3 Å². The number of nitrogens with one attached hydrogen (secondary N) is 2. The summed E-state index contributed by atoms with van der Waals surface area (Å²) in [7, 11) is -3.77. The fourth-order valence-electron chi connectivity index (χ4n) is 3.02. The maximum atomic E-state index is 13.3. The molecule has 4 rings (SSSR count). The standard InChI is InChI=1S/C19H18FN3O4S2/c20-13-6-7-16-17(10-13)28-19(22-16)23-18(24)12-3-1-5-15(9-12)29(25,26)21-11-14-4-2-8-27-14/h1,3,5-7,9-10,14,21H,2,4,8,11H2,(H,22,23,24)/t14-/m1/s1. The van der Waals surface area contributed by atoms with Crippen molar-refractivity contribution in [1.82, 2.24) is 9.71 Å². The van der Waals surface area contributed by atoms with E-state index in [0.29, 0.717) is 22.0 Å². The van der Waals surface area contributed by atoms with Crippen molar-refractivity contribution in [3.05, 3.63) is 53.8 Å². The van der Waals surface area contributed by atoms with E-state index < -0.39 is 15.9 Å². The summed E-state index contributed by atoms with van der Waals surface area (Å²) in [5.74, 6) is -0.881. The van der Waals surface area contributed by atoms with Crippen molar-refractivity contribution in [1.29, 1.82) is 0 Å². The molecule has 29 heavy (non-hydrogen) atoms. The van der Waals surface area contributed by atoms with Gasteiger partial charge in [-0.2, -0.15) is 0 Å². The minimum Gasteiger partial charge on any atom is -0.377 e. The first-order chi connectivity index (χ1) is 13.9. The van der Waals surface area contributed by atoms with Crippen LogP contribution in [0, 0.1) is 5.82 Å². The number of sulfonamides is 1. The zero-order chi connectivity index (χ0) is 20.4. The number of hydrogen-bond donors (Lipinski definition) is 2. The number of carbonyl (C=O) groups excluding carboxylic acids is 1. The summed E-state index contributed by atoms with van der Waals surface area (Å²) >= 11 is 1.14. The molecule has 2 heterocycles. The minimum atomic E-state index is -3.77. The molecule has 0 saturated carbocycles. The van der Waals surface area contributed by atoms with Gasteiger partial charge in [-0.15, -0.1) is 0 Å². The zero-order valence-electron chi connectivity index (χ0n) is 15.2. The maximum Gasteiger partial charge on any atom is 0.257 e. The van der Waals surface area contributed by atoms with Crippen LogP contribution >= 0.6 is 11.3 Å². The first kappa shape index (κ1) is 19.9. The van der Waals surface area contributed by atoms with Crippen molar-refractivity contribution in [3.8, 4) is 0 Å². The lowest BCUT2D eigenvalue weighted by molar-refractivity contribution is 0.102. The summed E-state index contributed by atoms with van der Waals surface area (Å²) in [5, 5.41) is 2.94. The first-order valence-corrected chi connectivity index (χ1v) is 11.3. The molecule has 10 heteroatoms. The van der Waals surface area contributed by atoms with Crippen LogP contribution in [0.25, 0.3) is 10.2 Å². The molecule has 0 radical (unpaired) electrons. The van der Waals surface area contributed by atoms with E-state index in [-0.39, 0.29) is 28.9 Å². The first-order valence-electron chi connectivity index (χ1n) is 8.99. The fraction of sp³-hybridized carbons (Fsp3) is 0.263. The number of fused-ring (bicyclic) bond motifs is 1. The molecule has 152 valence electrons. The van der Waals surface area contributed by atoms with Gasteiger partial charge in [-0.1, -0.05) is 17.4 Å². The summed E-state index contributed by atoms with van der Waals surface area (Å²) in [6.45, 7) is 0.835. The molecule has 1 aromatic heterocycles. The van der Waals surface area contributed by atoms with Gasteiger partial charge in [0, 0.05) is 18.7 Å². The van der Waals surface area contributed by atoms with Crippen molar-refractivity contribution in [2.75, 3.05) is 18.5 Å². The average Bonchev–Trinajstić information content (AvgIpc) is 3.35. The topological polar surface area (TPSA) is 97.4 Å². The smallest absolute Gasteiger partial charge is 0.257 e. The van der Waals surface area contributed by atoms with Gasteiger partial charge in [0.15, 0.2) is 5.13 Å². The number of anilines is 1. The zero-order valence-corrected chi connectivity index (χ0v) is 16.9. The van der Waals surface area contributed by atoms with E-state index in [2.05, 4.69) is 15.0 Å². The molecule has 7 nitrogen and oxygen atoms in total. The van der Waals surface area contributed by atoms with E-state index >= 15 is 0 Å². The minimum absolute atomic E-state index is 0.00508. The second-order valence-electron chi connectivity index (χ2n) is 6.60. The Labute approximate surface area is 171 Å². The van der Waals surface area contributed by atoms with E-state index in [0.717, 1.165) is 24.2 Å². The molecule has 2 aromatic carbocycles. The van der Waals surface area contributed by atoms with Crippen molar-refractivity contribution in [2.45, 2.75) is 23.8 Å². The van der Waals surface area contributed by atoms with Crippen LogP contribution in [-0.2, 0) is 14.8 Å². The Balaban J connectivity index is 1.48. The van der Waals surface area contributed by atoms with Crippen LogP contribution in [0.3, 0.4) is 0 Å². The van der Waals surface area contributed by atoms with Crippen molar-refractivity contribution in [2.24, 2.45) is 0 Å². The Morgan fingerprint density at radius 3 is 2.93 bits per heavy atom. The highest BCUT2D eigenvalue weighted by Crippen LogP contribution is 2.27. The number of rotatable bonds is 6. The molecular formula is C19H18FN3O4S2. The number of thiazole rings is 1. The lowest BCUT2D eigenvalue weighted by atomic mass is 10.2. The van der Waals surface area contributed by atoms with Gasteiger partial charge in [-0.3, -0.25) is 10.1 Å². The quantitative estimate of drug-likeness (QED) is 0.620. The Kier molecular flexibility index (Phi) is 5.59. The van der Waals surface area contributed by atoms with Gasteiger partial charge in [-0.25, -0.2) is 22.5 Å². The molecule has 1 fully saturated rings. The van der Waals surface area contributed by atoms with Crippen LogP contribution < -0.4 is 10.0 Å². The number of amides is 1. The highest BCUT2D eigenvalue weighted by atomic mass is 32.2. The third-order valence-electron chi connectivity index (χ3n) is 4.50. The number of hydrogen-bond acceptors (Lipinski definition) is 6. The largest absolute Gasteiger partial charge is 0.377 e.